The molecule has 1 unspecified atom stereocenters. The first-order valence-electron chi connectivity index (χ1n) is 5.91. The molecule has 0 aromatic rings. The average Bonchev–Trinajstić information content (AvgIpc) is 2.21. The van der Waals surface area contributed by atoms with Crippen molar-refractivity contribution in [3.63, 3.8) is 0 Å². The average molecular weight is 211 g/mol. The molecule has 0 amide bonds. The molecule has 0 saturated carbocycles. The third kappa shape index (κ3) is 6.48. The molecule has 15 heavy (non-hydrogen) atoms. The van der Waals surface area contributed by atoms with E-state index in [4.69, 9.17) is 5.26 Å². The number of nitriles is 1. The quantitative estimate of drug-likeness (QED) is 0.615. The zero-order valence-electron chi connectivity index (χ0n) is 10.7. The number of nitrogens with zero attached hydrogens (tertiary/aromatic N) is 3. The first kappa shape index (κ1) is 14.4. The van der Waals surface area contributed by atoms with E-state index in [2.05, 4.69) is 43.8 Å². The SMILES string of the molecule is CCC(CC#N)N(CC)CCCN(C)C. The van der Waals surface area contributed by atoms with Crippen molar-refractivity contribution in [3.8, 4) is 6.07 Å². The smallest absolute Gasteiger partial charge is 0.0638 e. The van der Waals surface area contributed by atoms with Crippen LogP contribution >= 0.6 is 0 Å². The zero-order valence-corrected chi connectivity index (χ0v) is 10.7. The first-order valence-corrected chi connectivity index (χ1v) is 5.91. The van der Waals surface area contributed by atoms with Crippen molar-refractivity contribution in [3.05, 3.63) is 0 Å². The lowest BCUT2D eigenvalue weighted by Crippen LogP contribution is -2.36. The Morgan fingerprint density at radius 1 is 1.20 bits per heavy atom. The van der Waals surface area contributed by atoms with Crippen LogP contribution in [0.3, 0.4) is 0 Å². The van der Waals surface area contributed by atoms with Gasteiger partial charge >= 0.3 is 0 Å². The number of hydrogen-bond donors (Lipinski definition) is 0. The predicted octanol–water partition coefficient (Wildman–Crippen LogP) is 1.95. The van der Waals surface area contributed by atoms with Crippen molar-refractivity contribution in [1.29, 1.82) is 5.26 Å². The fourth-order valence-corrected chi connectivity index (χ4v) is 1.83. The van der Waals surface area contributed by atoms with Crippen molar-refractivity contribution in [2.24, 2.45) is 0 Å². The summed E-state index contributed by atoms with van der Waals surface area (Å²) in [7, 11) is 4.20. The lowest BCUT2D eigenvalue weighted by atomic mass is 10.1. The monoisotopic (exact) mass is 211 g/mol. The van der Waals surface area contributed by atoms with E-state index in [1.807, 2.05) is 0 Å². The van der Waals surface area contributed by atoms with Crippen molar-refractivity contribution in [2.75, 3.05) is 33.7 Å². The van der Waals surface area contributed by atoms with Crippen molar-refractivity contribution in [2.45, 2.75) is 39.2 Å². The van der Waals surface area contributed by atoms with Crippen LogP contribution in [0.5, 0.6) is 0 Å². The molecule has 0 saturated heterocycles. The minimum absolute atomic E-state index is 0.446. The maximum Gasteiger partial charge on any atom is 0.0638 e. The van der Waals surface area contributed by atoms with Gasteiger partial charge in [0.05, 0.1) is 12.5 Å². The van der Waals surface area contributed by atoms with Crippen LogP contribution in [-0.2, 0) is 0 Å². The summed E-state index contributed by atoms with van der Waals surface area (Å²) >= 11 is 0. The summed E-state index contributed by atoms with van der Waals surface area (Å²) in [5.41, 5.74) is 0. The lowest BCUT2D eigenvalue weighted by Gasteiger charge is -2.28. The highest BCUT2D eigenvalue weighted by Gasteiger charge is 2.13. The van der Waals surface area contributed by atoms with Crippen molar-refractivity contribution >= 4 is 0 Å². The molecule has 1 atom stereocenters. The minimum atomic E-state index is 0.446. The van der Waals surface area contributed by atoms with Gasteiger partial charge in [-0.1, -0.05) is 13.8 Å². The van der Waals surface area contributed by atoms with Gasteiger partial charge < -0.3 is 4.90 Å². The Kier molecular flexibility index (Phi) is 8.35. The molecule has 0 radical (unpaired) electrons. The van der Waals surface area contributed by atoms with Crippen LogP contribution in [0, 0.1) is 11.3 Å². The van der Waals surface area contributed by atoms with Crippen molar-refractivity contribution < 1.29 is 0 Å². The van der Waals surface area contributed by atoms with Gasteiger partial charge in [0.25, 0.3) is 0 Å². The second-order valence-corrected chi connectivity index (χ2v) is 4.21. The highest BCUT2D eigenvalue weighted by molar-refractivity contribution is 4.81. The van der Waals surface area contributed by atoms with Crippen LogP contribution in [0.4, 0.5) is 0 Å². The fourth-order valence-electron chi connectivity index (χ4n) is 1.83. The van der Waals surface area contributed by atoms with Gasteiger partial charge in [-0.3, -0.25) is 4.90 Å². The maximum absolute atomic E-state index is 8.74. The van der Waals surface area contributed by atoms with Gasteiger partial charge in [0.2, 0.25) is 0 Å². The molecule has 0 heterocycles. The molecule has 0 fully saturated rings. The molecule has 0 N–H and O–H groups in total. The molecule has 0 aliphatic carbocycles. The Labute approximate surface area is 94.7 Å². The van der Waals surface area contributed by atoms with Crippen LogP contribution in [0.15, 0.2) is 0 Å². The van der Waals surface area contributed by atoms with E-state index in [9.17, 15) is 0 Å². The molecule has 3 heteroatoms. The Hall–Kier alpha value is -0.590. The molecule has 3 nitrogen and oxygen atoms in total. The largest absolute Gasteiger partial charge is 0.309 e. The van der Waals surface area contributed by atoms with E-state index >= 15 is 0 Å². The van der Waals surface area contributed by atoms with Gasteiger partial charge in [0.1, 0.15) is 0 Å². The molecule has 0 bridgehead atoms. The van der Waals surface area contributed by atoms with Gasteiger partial charge in [0, 0.05) is 6.04 Å². The standard InChI is InChI=1S/C12H25N3/c1-5-12(8-9-13)15(6-2)11-7-10-14(3)4/h12H,5-8,10-11H2,1-4H3. The summed E-state index contributed by atoms with van der Waals surface area (Å²) < 4.78 is 0. The first-order chi connectivity index (χ1) is 7.15. The third-order valence-corrected chi connectivity index (χ3v) is 2.77. The van der Waals surface area contributed by atoms with Gasteiger partial charge in [-0.2, -0.15) is 5.26 Å². The van der Waals surface area contributed by atoms with Crippen molar-refractivity contribution in [1.82, 2.24) is 9.80 Å². The highest BCUT2D eigenvalue weighted by atomic mass is 15.2. The number of hydrogen-bond acceptors (Lipinski definition) is 3. The van der Waals surface area contributed by atoms with E-state index < -0.39 is 0 Å². The van der Waals surface area contributed by atoms with Gasteiger partial charge in [-0.25, -0.2) is 0 Å². The van der Waals surface area contributed by atoms with Crippen LogP contribution in [0.2, 0.25) is 0 Å². The fraction of sp³-hybridized carbons (Fsp3) is 0.917. The predicted molar refractivity (Wildman–Crippen MR) is 64.7 cm³/mol. The Morgan fingerprint density at radius 3 is 2.27 bits per heavy atom. The third-order valence-electron chi connectivity index (χ3n) is 2.77. The van der Waals surface area contributed by atoms with E-state index in [1.165, 1.54) is 6.42 Å². The summed E-state index contributed by atoms with van der Waals surface area (Å²) in [6, 6.07) is 2.73. The molecule has 88 valence electrons. The molecular formula is C12H25N3. The minimum Gasteiger partial charge on any atom is -0.309 e. The van der Waals surface area contributed by atoms with E-state index in [0.717, 1.165) is 26.1 Å². The van der Waals surface area contributed by atoms with Crippen LogP contribution in [-0.4, -0.2) is 49.6 Å². The second kappa shape index (κ2) is 8.70. The van der Waals surface area contributed by atoms with E-state index in [-0.39, 0.29) is 0 Å². The van der Waals surface area contributed by atoms with Gasteiger partial charge in [0.15, 0.2) is 0 Å². The highest BCUT2D eigenvalue weighted by Crippen LogP contribution is 2.08. The van der Waals surface area contributed by atoms with Gasteiger partial charge in [-0.05, 0) is 46.6 Å². The second-order valence-electron chi connectivity index (χ2n) is 4.21. The topological polar surface area (TPSA) is 30.3 Å². The van der Waals surface area contributed by atoms with E-state index in [0.29, 0.717) is 12.5 Å². The Morgan fingerprint density at radius 2 is 1.87 bits per heavy atom. The van der Waals surface area contributed by atoms with Crippen LogP contribution in [0.1, 0.15) is 33.1 Å². The van der Waals surface area contributed by atoms with Gasteiger partial charge in [-0.15, -0.1) is 0 Å². The molecule has 0 rings (SSSR count). The lowest BCUT2D eigenvalue weighted by molar-refractivity contribution is 0.193. The summed E-state index contributed by atoms with van der Waals surface area (Å²) in [5.74, 6) is 0. The van der Waals surface area contributed by atoms with Crippen LogP contribution in [0.25, 0.3) is 0 Å². The summed E-state index contributed by atoms with van der Waals surface area (Å²) in [6.07, 6.45) is 2.92. The summed E-state index contributed by atoms with van der Waals surface area (Å²) in [6.45, 7) is 7.62. The molecule has 0 aliphatic heterocycles. The van der Waals surface area contributed by atoms with E-state index in [1.54, 1.807) is 0 Å². The Bertz CT molecular complexity index is 184. The normalized spacial score (nSPS) is 13.1. The molecule has 0 aromatic carbocycles. The number of rotatable bonds is 8. The Balaban J connectivity index is 3.93. The molecule has 0 spiro atoms. The molecule has 0 aliphatic rings. The molecule has 0 aromatic heterocycles. The molecular weight excluding hydrogens is 186 g/mol. The maximum atomic E-state index is 8.74. The summed E-state index contributed by atoms with van der Waals surface area (Å²) in [4.78, 5) is 4.63. The summed E-state index contributed by atoms with van der Waals surface area (Å²) in [5, 5.41) is 8.74. The zero-order chi connectivity index (χ0) is 11.7. The van der Waals surface area contributed by atoms with Crippen LogP contribution < -0.4 is 0 Å².